The normalized spacial score (nSPS) is 10.9. The number of nitrogens with one attached hydrogen (secondary N) is 1. The number of benzene rings is 2. The number of amides is 1. The van der Waals surface area contributed by atoms with Gasteiger partial charge in [0.1, 0.15) is 5.75 Å². The van der Waals surface area contributed by atoms with Crippen LogP contribution in [0.4, 0.5) is 11.4 Å². The summed E-state index contributed by atoms with van der Waals surface area (Å²) in [6.45, 7) is 10.6. The van der Waals surface area contributed by atoms with Crippen molar-refractivity contribution in [3.05, 3.63) is 57.6 Å². The zero-order valence-electron chi connectivity index (χ0n) is 19.0. The lowest BCUT2D eigenvalue weighted by atomic mass is 10.1. The van der Waals surface area contributed by atoms with E-state index in [4.69, 9.17) is 14.2 Å². The first-order valence-corrected chi connectivity index (χ1v) is 10.3. The van der Waals surface area contributed by atoms with Crippen molar-refractivity contribution in [1.82, 2.24) is 0 Å². The average molecular weight is 444 g/mol. The fourth-order valence-electron chi connectivity index (χ4n) is 2.74. The van der Waals surface area contributed by atoms with Crippen LogP contribution in [0.1, 0.15) is 62.3 Å². The van der Waals surface area contributed by atoms with Crippen molar-refractivity contribution in [1.29, 1.82) is 0 Å². The van der Waals surface area contributed by atoms with E-state index in [1.54, 1.807) is 33.8 Å². The van der Waals surface area contributed by atoms with Crippen molar-refractivity contribution in [3.8, 4) is 11.5 Å². The van der Waals surface area contributed by atoms with Crippen molar-refractivity contribution < 1.29 is 28.7 Å². The maximum Gasteiger partial charge on any atom is 0.338 e. The largest absolute Gasteiger partial charge is 0.489 e. The molecule has 0 atom stereocenters. The molecule has 2 rings (SSSR count). The zero-order valence-corrected chi connectivity index (χ0v) is 19.0. The van der Waals surface area contributed by atoms with Crippen molar-refractivity contribution in [2.75, 3.05) is 5.32 Å². The molecule has 0 saturated carbocycles. The van der Waals surface area contributed by atoms with E-state index in [0.717, 1.165) is 0 Å². The van der Waals surface area contributed by atoms with Crippen LogP contribution in [0.15, 0.2) is 36.4 Å². The van der Waals surface area contributed by atoms with E-state index < -0.39 is 16.8 Å². The van der Waals surface area contributed by atoms with Gasteiger partial charge in [0.2, 0.25) is 0 Å². The van der Waals surface area contributed by atoms with Gasteiger partial charge in [0, 0.05) is 17.7 Å². The summed E-state index contributed by atoms with van der Waals surface area (Å²) in [5.41, 5.74) is 0.571. The van der Waals surface area contributed by atoms with Crippen LogP contribution in [0.2, 0.25) is 0 Å². The lowest BCUT2D eigenvalue weighted by Crippen LogP contribution is -2.16. The van der Waals surface area contributed by atoms with Crippen LogP contribution in [-0.4, -0.2) is 35.1 Å². The lowest BCUT2D eigenvalue weighted by Gasteiger charge is -2.17. The second kappa shape index (κ2) is 10.6. The molecule has 0 unspecified atom stereocenters. The zero-order chi connectivity index (χ0) is 24.0. The highest BCUT2D eigenvalue weighted by molar-refractivity contribution is 6.06. The summed E-state index contributed by atoms with van der Waals surface area (Å²) in [5.74, 6) is -0.716. The van der Waals surface area contributed by atoms with E-state index in [0.29, 0.717) is 11.4 Å². The molecule has 0 aromatic heterocycles. The maximum absolute atomic E-state index is 12.9. The summed E-state index contributed by atoms with van der Waals surface area (Å²) in [5, 5.41) is 14.0. The number of hydrogen-bond donors (Lipinski definition) is 1. The summed E-state index contributed by atoms with van der Waals surface area (Å²) in [6, 6.07) is 8.47. The first kappa shape index (κ1) is 24.6. The first-order chi connectivity index (χ1) is 15.0. The predicted molar refractivity (Wildman–Crippen MR) is 120 cm³/mol. The number of carbonyl (C=O) groups excluding carboxylic acids is 2. The molecule has 0 spiro atoms. The van der Waals surface area contributed by atoms with Gasteiger partial charge in [-0.25, -0.2) is 4.79 Å². The van der Waals surface area contributed by atoms with Gasteiger partial charge in [0.25, 0.3) is 5.91 Å². The second-order valence-electron chi connectivity index (χ2n) is 7.89. The number of esters is 1. The highest BCUT2D eigenvalue weighted by Gasteiger charge is 2.21. The van der Waals surface area contributed by atoms with Crippen LogP contribution < -0.4 is 14.8 Å². The molecule has 1 N–H and O–H groups in total. The first-order valence-electron chi connectivity index (χ1n) is 10.3. The minimum atomic E-state index is -0.567. The van der Waals surface area contributed by atoms with Gasteiger partial charge in [0.05, 0.1) is 34.5 Å². The Balaban J connectivity index is 2.35. The van der Waals surface area contributed by atoms with E-state index in [1.165, 1.54) is 30.3 Å². The van der Waals surface area contributed by atoms with Crippen molar-refractivity contribution >= 4 is 23.3 Å². The molecule has 2 aromatic rings. The third-order valence-electron chi connectivity index (χ3n) is 3.95. The molecule has 0 radical (unpaired) electrons. The van der Waals surface area contributed by atoms with Crippen molar-refractivity contribution in [2.45, 2.75) is 59.9 Å². The van der Waals surface area contributed by atoms with Crippen LogP contribution in [0.5, 0.6) is 11.5 Å². The summed E-state index contributed by atoms with van der Waals surface area (Å²) >= 11 is 0. The maximum atomic E-state index is 12.9. The average Bonchev–Trinajstić information content (AvgIpc) is 2.67. The number of nitrogens with zero attached hydrogens (tertiary/aromatic N) is 1. The molecule has 0 fully saturated rings. The van der Waals surface area contributed by atoms with Gasteiger partial charge in [-0.1, -0.05) is 0 Å². The summed E-state index contributed by atoms with van der Waals surface area (Å²) < 4.78 is 16.5. The third-order valence-corrected chi connectivity index (χ3v) is 3.95. The van der Waals surface area contributed by atoms with Gasteiger partial charge in [-0.05, 0) is 65.8 Å². The lowest BCUT2D eigenvalue weighted by molar-refractivity contribution is -0.386. The molecule has 0 heterocycles. The molecule has 32 heavy (non-hydrogen) atoms. The van der Waals surface area contributed by atoms with Gasteiger partial charge in [-0.3, -0.25) is 14.9 Å². The van der Waals surface area contributed by atoms with Crippen LogP contribution >= 0.6 is 0 Å². The fourth-order valence-corrected chi connectivity index (χ4v) is 2.74. The Bertz CT molecular complexity index is 1000. The van der Waals surface area contributed by atoms with E-state index in [-0.39, 0.29) is 40.9 Å². The van der Waals surface area contributed by atoms with Gasteiger partial charge >= 0.3 is 11.7 Å². The van der Waals surface area contributed by atoms with E-state index in [9.17, 15) is 19.7 Å². The minimum absolute atomic E-state index is 0.00285. The van der Waals surface area contributed by atoms with Gasteiger partial charge in [0.15, 0.2) is 5.75 Å². The number of nitro benzene ring substituents is 1. The summed E-state index contributed by atoms with van der Waals surface area (Å²) in [6.07, 6.45) is -0.802. The van der Waals surface area contributed by atoms with Crippen LogP contribution in [0.3, 0.4) is 0 Å². The number of rotatable bonds is 9. The van der Waals surface area contributed by atoms with Gasteiger partial charge in [-0.15, -0.1) is 0 Å². The molecule has 0 aliphatic carbocycles. The second-order valence-corrected chi connectivity index (χ2v) is 7.89. The molecular formula is C23H28N2O7. The Kier molecular flexibility index (Phi) is 8.17. The molecule has 0 aliphatic rings. The van der Waals surface area contributed by atoms with Crippen LogP contribution in [0.25, 0.3) is 0 Å². The minimum Gasteiger partial charge on any atom is -0.489 e. The quantitative estimate of drug-likeness (QED) is 0.329. The molecule has 172 valence electrons. The molecule has 1 amide bonds. The van der Waals surface area contributed by atoms with E-state index in [1.807, 2.05) is 13.8 Å². The van der Waals surface area contributed by atoms with Crippen LogP contribution in [-0.2, 0) is 4.74 Å². The Morgan fingerprint density at radius 2 is 1.41 bits per heavy atom. The number of ether oxygens (including phenoxy) is 3. The van der Waals surface area contributed by atoms with Crippen molar-refractivity contribution in [3.63, 3.8) is 0 Å². The van der Waals surface area contributed by atoms with Crippen LogP contribution in [0, 0.1) is 10.1 Å². The highest BCUT2D eigenvalue weighted by Crippen LogP contribution is 2.31. The number of anilines is 1. The monoisotopic (exact) mass is 444 g/mol. The summed E-state index contributed by atoms with van der Waals surface area (Å²) in [4.78, 5) is 35.8. The smallest absolute Gasteiger partial charge is 0.338 e. The van der Waals surface area contributed by atoms with Gasteiger partial charge in [-0.2, -0.15) is 0 Å². The molecule has 0 saturated heterocycles. The predicted octanol–water partition coefficient (Wildman–Crippen LogP) is 4.99. The van der Waals surface area contributed by atoms with E-state index >= 15 is 0 Å². The Morgan fingerprint density at radius 1 is 0.844 bits per heavy atom. The van der Waals surface area contributed by atoms with Crippen molar-refractivity contribution in [2.24, 2.45) is 0 Å². The standard InChI is InChI=1S/C23H28N2O7/c1-13(2)30-20-12-17(23(27)32-15(5)6)7-9-18(20)24-22(26)16-8-10-19(25(28)29)21(11-16)31-14(3)4/h7-15H,1-6H3,(H,24,26). The third kappa shape index (κ3) is 6.69. The molecule has 2 aromatic carbocycles. The Hall–Kier alpha value is -3.62. The highest BCUT2D eigenvalue weighted by atomic mass is 16.6. The van der Waals surface area contributed by atoms with E-state index in [2.05, 4.69) is 5.32 Å². The molecule has 9 heteroatoms. The molecule has 9 nitrogen and oxygen atoms in total. The topological polar surface area (TPSA) is 117 Å². The Labute approximate surface area is 186 Å². The molecular weight excluding hydrogens is 416 g/mol. The molecule has 0 bridgehead atoms. The SMILES string of the molecule is CC(C)OC(=O)c1ccc(NC(=O)c2ccc([N+](=O)[O-])c(OC(C)C)c2)c(OC(C)C)c1. The number of hydrogen-bond acceptors (Lipinski definition) is 7. The number of nitro groups is 1. The Morgan fingerprint density at radius 3 is 1.97 bits per heavy atom. The summed E-state index contributed by atoms with van der Waals surface area (Å²) in [7, 11) is 0. The fraction of sp³-hybridized carbons (Fsp3) is 0.391. The number of carbonyl (C=O) groups is 2. The molecule has 0 aliphatic heterocycles. The van der Waals surface area contributed by atoms with Gasteiger partial charge < -0.3 is 19.5 Å².